The summed E-state index contributed by atoms with van der Waals surface area (Å²) in [5.41, 5.74) is 2.92. The Balaban J connectivity index is 1.62. The summed E-state index contributed by atoms with van der Waals surface area (Å²) in [6.07, 6.45) is 16.4. The number of rotatable bonds is 5. The third-order valence-electron chi connectivity index (χ3n) is 4.64. The average molecular weight is 366 g/mol. The van der Waals surface area contributed by atoms with Crippen LogP contribution in [-0.2, 0) is 0 Å². The zero-order valence-electron chi connectivity index (χ0n) is 15.4. The summed E-state index contributed by atoms with van der Waals surface area (Å²) in [6.45, 7) is 0.208. The van der Waals surface area contributed by atoms with E-state index < -0.39 is 5.23 Å². The van der Waals surface area contributed by atoms with Crippen LogP contribution in [0.4, 0.5) is 5.69 Å². The number of hydrogen-bond donors (Lipinski definition) is 3. The summed E-state index contributed by atoms with van der Waals surface area (Å²) < 4.78 is 0. The van der Waals surface area contributed by atoms with Gasteiger partial charge in [-0.15, -0.1) is 0 Å². The largest absolute Gasteiger partial charge is 0.595 e. The molecular weight excluding hydrogens is 342 g/mol. The molecule has 2 aliphatic rings. The summed E-state index contributed by atoms with van der Waals surface area (Å²) in [5, 5.41) is 18.8. The lowest BCUT2D eigenvalue weighted by atomic mass is 9.99. The highest BCUT2D eigenvalue weighted by Gasteiger charge is 2.14. The molecule has 0 fully saturated rings. The number of benzene rings is 1. The molecule has 0 aromatic heterocycles. The number of nitrogens with zero attached hydrogens (tertiary/aromatic N) is 1. The van der Waals surface area contributed by atoms with E-state index in [-0.39, 0.29) is 18.0 Å². The smallest absolute Gasteiger partial charge is 0.182 e. The first-order valence-corrected chi connectivity index (χ1v) is 8.83. The molecule has 0 saturated heterocycles. The van der Waals surface area contributed by atoms with Crippen LogP contribution in [0.5, 0.6) is 0 Å². The van der Waals surface area contributed by atoms with Crippen LogP contribution in [0.25, 0.3) is 0 Å². The molecule has 1 aliphatic carbocycles. The highest BCUT2D eigenvalue weighted by Crippen LogP contribution is 2.19. The van der Waals surface area contributed by atoms with Gasteiger partial charge in [-0.05, 0) is 47.6 Å². The first kappa shape index (κ1) is 19.0. The minimum absolute atomic E-state index is 0.0633. The number of carbonyl (C=O) groups excluding carboxylic acids is 1. The van der Waals surface area contributed by atoms with E-state index in [2.05, 4.69) is 38.4 Å². The van der Waals surface area contributed by atoms with Crippen molar-refractivity contribution in [2.75, 3.05) is 20.6 Å². The number of nitrogens with one attached hydrogen (secondary N) is 2. The molecule has 1 atom stereocenters. The van der Waals surface area contributed by atoms with E-state index in [1.807, 2.05) is 29.5 Å². The molecular formula is C21H24N3O3+. The minimum Gasteiger partial charge on any atom is -0.595 e. The van der Waals surface area contributed by atoms with E-state index in [4.69, 9.17) is 5.21 Å². The van der Waals surface area contributed by atoms with Crippen molar-refractivity contribution < 1.29 is 20.1 Å². The van der Waals surface area contributed by atoms with Gasteiger partial charge >= 0.3 is 0 Å². The first-order valence-electron chi connectivity index (χ1n) is 8.83. The van der Waals surface area contributed by atoms with Gasteiger partial charge in [-0.2, -0.15) is 5.23 Å². The Bertz CT molecular complexity index is 814. The van der Waals surface area contributed by atoms with Gasteiger partial charge in [0, 0.05) is 30.1 Å². The highest BCUT2D eigenvalue weighted by atomic mass is 16.8. The fourth-order valence-corrected chi connectivity index (χ4v) is 2.92. The van der Waals surface area contributed by atoms with Crippen molar-refractivity contribution in [2.45, 2.75) is 6.04 Å². The van der Waals surface area contributed by atoms with Crippen LogP contribution >= 0.6 is 0 Å². The molecule has 0 saturated carbocycles. The summed E-state index contributed by atoms with van der Waals surface area (Å²) >= 11 is 0. The van der Waals surface area contributed by atoms with Crippen LogP contribution in [0.15, 0.2) is 84.3 Å². The van der Waals surface area contributed by atoms with Gasteiger partial charge in [-0.3, -0.25) is 4.79 Å². The minimum atomic E-state index is -0.999. The number of allylic oxidation sites excluding steroid dienone is 6. The van der Waals surface area contributed by atoms with Crippen LogP contribution < -0.4 is 10.1 Å². The van der Waals surface area contributed by atoms with Crippen LogP contribution in [-0.4, -0.2) is 42.6 Å². The lowest BCUT2D eigenvalue weighted by molar-refractivity contribution is -0.991. The molecule has 1 aromatic carbocycles. The summed E-state index contributed by atoms with van der Waals surface area (Å²) in [4.78, 5) is 15.6. The SMILES string of the molecule is C[NH+](C)C1C=CC(=C2C=CN(CC(=O)c3ccc([NH+]([O-])O)cc3)C=C2)C=C1. The second-order valence-electron chi connectivity index (χ2n) is 6.84. The van der Waals surface area contributed by atoms with Gasteiger partial charge in [0.2, 0.25) is 0 Å². The van der Waals surface area contributed by atoms with Crippen molar-refractivity contribution in [3.63, 3.8) is 0 Å². The predicted octanol–water partition coefficient (Wildman–Crippen LogP) is 0.551. The number of likely N-dealkylation sites (N-methyl/N-ethyl adjacent to an activating group) is 1. The van der Waals surface area contributed by atoms with Crippen LogP contribution in [0.3, 0.4) is 0 Å². The summed E-state index contributed by atoms with van der Waals surface area (Å²) in [7, 11) is 4.25. The second-order valence-corrected chi connectivity index (χ2v) is 6.84. The van der Waals surface area contributed by atoms with Crippen molar-refractivity contribution in [1.29, 1.82) is 0 Å². The molecule has 3 N–H and O–H groups in total. The Labute approximate surface area is 158 Å². The molecule has 0 radical (unpaired) electrons. The molecule has 0 amide bonds. The second kappa shape index (κ2) is 8.28. The Morgan fingerprint density at radius 1 is 1.04 bits per heavy atom. The average Bonchev–Trinajstić information content (AvgIpc) is 2.68. The molecule has 1 unspecified atom stereocenters. The molecule has 0 bridgehead atoms. The fraction of sp³-hybridized carbons (Fsp3) is 0.190. The molecule has 3 rings (SSSR count). The van der Waals surface area contributed by atoms with Crippen molar-refractivity contribution in [2.24, 2.45) is 0 Å². The van der Waals surface area contributed by atoms with Crippen molar-refractivity contribution in [3.05, 3.63) is 95.0 Å². The van der Waals surface area contributed by atoms with Gasteiger partial charge < -0.3 is 15.0 Å². The highest BCUT2D eigenvalue weighted by molar-refractivity contribution is 5.98. The fourth-order valence-electron chi connectivity index (χ4n) is 2.92. The van der Waals surface area contributed by atoms with Crippen LogP contribution in [0.1, 0.15) is 10.4 Å². The van der Waals surface area contributed by atoms with E-state index in [9.17, 15) is 10.0 Å². The summed E-state index contributed by atoms with van der Waals surface area (Å²) in [5.74, 6) is -0.0633. The van der Waals surface area contributed by atoms with Gasteiger partial charge in [-0.25, -0.2) is 5.21 Å². The third-order valence-corrected chi connectivity index (χ3v) is 4.64. The van der Waals surface area contributed by atoms with E-state index >= 15 is 0 Å². The normalized spacial score (nSPS) is 19.9. The first-order chi connectivity index (χ1) is 12.9. The number of Topliss-reactive ketones (excluding diaryl/α,β-unsaturated/α-hetero) is 1. The summed E-state index contributed by atoms with van der Waals surface area (Å²) in [6, 6.07) is 6.40. The molecule has 1 aliphatic heterocycles. The van der Waals surface area contributed by atoms with Crippen molar-refractivity contribution in [1.82, 2.24) is 4.90 Å². The van der Waals surface area contributed by atoms with E-state index in [0.29, 0.717) is 11.6 Å². The molecule has 0 spiro atoms. The number of ketones is 1. The standard InChI is InChI=1S/C21H23N3O3/c1-22(2)19-7-3-16(4-8-19)17-11-13-23(14-12-17)15-21(25)18-5-9-20(10-6-18)24(26)27/h3-14,19,24,26H,15H2,1-2H3/p+1. The van der Waals surface area contributed by atoms with Gasteiger partial charge in [0.15, 0.2) is 11.5 Å². The molecule has 6 nitrogen and oxygen atoms in total. The van der Waals surface area contributed by atoms with Gasteiger partial charge in [0.25, 0.3) is 0 Å². The van der Waals surface area contributed by atoms with Gasteiger partial charge in [0.05, 0.1) is 20.6 Å². The maximum absolute atomic E-state index is 12.4. The third kappa shape index (κ3) is 4.69. The molecule has 1 heterocycles. The van der Waals surface area contributed by atoms with Gasteiger partial charge in [0.1, 0.15) is 6.04 Å². The molecule has 1 aromatic rings. The Kier molecular flexibility index (Phi) is 5.83. The molecule has 6 heteroatoms. The van der Waals surface area contributed by atoms with E-state index in [1.54, 1.807) is 12.1 Å². The monoisotopic (exact) mass is 366 g/mol. The zero-order chi connectivity index (χ0) is 19.4. The van der Waals surface area contributed by atoms with Crippen molar-refractivity contribution >= 4 is 11.5 Å². The van der Waals surface area contributed by atoms with E-state index in [0.717, 1.165) is 11.1 Å². The Morgan fingerprint density at radius 3 is 2.11 bits per heavy atom. The van der Waals surface area contributed by atoms with Crippen LogP contribution in [0.2, 0.25) is 0 Å². The maximum Gasteiger partial charge on any atom is 0.182 e. The zero-order valence-corrected chi connectivity index (χ0v) is 15.4. The van der Waals surface area contributed by atoms with Gasteiger partial charge in [-0.1, -0.05) is 12.2 Å². The van der Waals surface area contributed by atoms with E-state index in [1.165, 1.54) is 17.0 Å². The maximum atomic E-state index is 12.4. The van der Waals surface area contributed by atoms with Crippen molar-refractivity contribution in [3.8, 4) is 0 Å². The quantitative estimate of drug-likeness (QED) is 0.526. The molecule has 27 heavy (non-hydrogen) atoms. The predicted molar refractivity (Wildman–Crippen MR) is 103 cm³/mol. The number of carbonyl (C=O) groups is 1. The Hall–Kier alpha value is -2.77. The Morgan fingerprint density at radius 2 is 1.59 bits per heavy atom. The lowest BCUT2D eigenvalue weighted by Gasteiger charge is -2.20. The van der Waals surface area contributed by atoms with Crippen LogP contribution in [0, 0.1) is 5.21 Å². The molecule has 140 valence electrons. The topological polar surface area (TPSA) is 72.5 Å². The number of quaternary nitrogens is 2. The lowest BCUT2D eigenvalue weighted by Crippen LogP contribution is -3.09. The number of hydrogen-bond acceptors (Lipinski definition) is 4.